The molecule has 0 saturated carbocycles. The van der Waals surface area contributed by atoms with Gasteiger partial charge in [0.1, 0.15) is 0 Å². The molecule has 2 rings (SSSR count). The summed E-state index contributed by atoms with van der Waals surface area (Å²) in [5, 5.41) is 13.0. The second-order valence-corrected chi connectivity index (χ2v) is 14.7. The lowest BCUT2D eigenvalue weighted by Crippen LogP contribution is -2.66. The predicted octanol–water partition coefficient (Wildman–Crippen LogP) is 6.20. The van der Waals surface area contributed by atoms with Crippen LogP contribution in [0, 0.1) is 5.92 Å². The second kappa shape index (κ2) is 11.4. The van der Waals surface area contributed by atoms with Crippen molar-refractivity contribution in [2.24, 2.45) is 5.92 Å². The highest BCUT2D eigenvalue weighted by Gasteiger charge is 2.50. The summed E-state index contributed by atoms with van der Waals surface area (Å²) in [5.74, 6) is 0.236. The molecule has 0 aliphatic rings. The zero-order chi connectivity index (χ0) is 23.1. The SMILES string of the molecule is C=C(Br)C[C@@H](O)/C(C)=C\[C@@H](CC)CO[Si](c1ccccc1)(c1ccccc1)C(C)(C)C. The lowest BCUT2D eigenvalue weighted by Gasteiger charge is -2.43. The molecule has 0 fully saturated rings. The molecule has 1 N–H and O–H groups in total. The van der Waals surface area contributed by atoms with Gasteiger partial charge in [-0.1, -0.05) is 117 Å². The third-order valence-electron chi connectivity index (χ3n) is 5.89. The molecule has 0 radical (unpaired) electrons. The van der Waals surface area contributed by atoms with Gasteiger partial charge in [0, 0.05) is 13.0 Å². The number of hydrogen-bond acceptors (Lipinski definition) is 2. The third kappa shape index (κ3) is 6.52. The van der Waals surface area contributed by atoms with Crippen LogP contribution in [-0.2, 0) is 4.43 Å². The van der Waals surface area contributed by atoms with E-state index in [1.807, 2.05) is 6.92 Å². The van der Waals surface area contributed by atoms with Crippen LogP contribution in [-0.4, -0.2) is 26.1 Å². The minimum atomic E-state index is -2.55. The Balaban J connectivity index is 2.43. The summed E-state index contributed by atoms with van der Waals surface area (Å²) in [4.78, 5) is 0. The molecule has 2 aromatic rings. The Bertz CT molecular complexity index is 816. The number of benzene rings is 2. The summed E-state index contributed by atoms with van der Waals surface area (Å²) >= 11 is 3.36. The summed E-state index contributed by atoms with van der Waals surface area (Å²) in [6, 6.07) is 21.5. The molecule has 168 valence electrons. The van der Waals surface area contributed by atoms with Gasteiger partial charge in [-0.05, 0) is 44.7 Å². The number of halogens is 1. The van der Waals surface area contributed by atoms with Crippen LogP contribution in [0.1, 0.15) is 47.5 Å². The molecule has 0 spiro atoms. The lowest BCUT2D eigenvalue weighted by atomic mass is 10.0. The van der Waals surface area contributed by atoms with Crippen molar-refractivity contribution in [2.75, 3.05) is 6.61 Å². The van der Waals surface area contributed by atoms with E-state index >= 15 is 0 Å². The van der Waals surface area contributed by atoms with Crippen LogP contribution in [0.2, 0.25) is 5.04 Å². The van der Waals surface area contributed by atoms with Crippen molar-refractivity contribution in [1.29, 1.82) is 0 Å². The maximum atomic E-state index is 10.5. The van der Waals surface area contributed by atoms with E-state index in [0.717, 1.165) is 16.5 Å². The van der Waals surface area contributed by atoms with Crippen LogP contribution >= 0.6 is 15.9 Å². The van der Waals surface area contributed by atoms with Crippen LogP contribution in [0.25, 0.3) is 0 Å². The predicted molar refractivity (Wildman–Crippen MR) is 140 cm³/mol. The van der Waals surface area contributed by atoms with Crippen molar-refractivity contribution in [1.82, 2.24) is 0 Å². The van der Waals surface area contributed by atoms with Gasteiger partial charge in [0.15, 0.2) is 0 Å². The third-order valence-corrected chi connectivity index (χ3v) is 11.2. The van der Waals surface area contributed by atoms with Crippen molar-refractivity contribution in [3.63, 3.8) is 0 Å². The first-order valence-corrected chi connectivity index (χ1v) is 13.8. The summed E-state index contributed by atoms with van der Waals surface area (Å²) in [7, 11) is -2.55. The molecule has 4 heteroatoms. The molecule has 0 aromatic heterocycles. The highest BCUT2D eigenvalue weighted by atomic mass is 79.9. The molecule has 0 amide bonds. The molecule has 0 heterocycles. The van der Waals surface area contributed by atoms with Crippen LogP contribution in [0.15, 0.2) is 83.4 Å². The molecular formula is C27H37BrO2Si. The number of hydrogen-bond donors (Lipinski definition) is 1. The molecule has 2 aromatic carbocycles. The van der Waals surface area contributed by atoms with Crippen molar-refractivity contribution >= 4 is 34.6 Å². The first-order valence-electron chi connectivity index (χ1n) is 11.1. The normalized spacial score (nSPS) is 14.9. The van der Waals surface area contributed by atoms with E-state index in [0.29, 0.717) is 13.0 Å². The highest BCUT2D eigenvalue weighted by Crippen LogP contribution is 2.37. The maximum Gasteiger partial charge on any atom is 0.261 e. The first kappa shape index (κ1) is 25.8. The highest BCUT2D eigenvalue weighted by molar-refractivity contribution is 9.11. The summed E-state index contributed by atoms with van der Waals surface area (Å²) in [6.45, 7) is 15.5. The minimum absolute atomic E-state index is 0.0417. The summed E-state index contributed by atoms with van der Waals surface area (Å²) < 4.78 is 7.88. The Morgan fingerprint density at radius 2 is 1.55 bits per heavy atom. The molecular weight excluding hydrogens is 464 g/mol. The first-order chi connectivity index (χ1) is 14.6. The van der Waals surface area contributed by atoms with Gasteiger partial charge in [0.2, 0.25) is 0 Å². The average molecular weight is 502 g/mol. The van der Waals surface area contributed by atoms with Crippen LogP contribution < -0.4 is 10.4 Å². The van der Waals surface area contributed by atoms with Gasteiger partial charge in [-0.2, -0.15) is 0 Å². The molecule has 0 bridgehead atoms. The van der Waals surface area contributed by atoms with Crippen molar-refractivity contribution < 1.29 is 9.53 Å². The zero-order valence-electron chi connectivity index (χ0n) is 19.6. The lowest BCUT2D eigenvalue weighted by molar-refractivity contribution is 0.210. The maximum absolute atomic E-state index is 10.5. The van der Waals surface area contributed by atoms with Gasteiger partial charge in [0.05, 0.1) is 6.10 Å². The van der Waals surface area contributed by atoms with Gasteiger partial charge in [-0.3, -0.25) is 0 Å². The number of rotatable bonds is 10. The molecule has 31 heavy (non-hydrogen) atoms. The summed E-state index contributed by atoms with van der Waals surface area (Å²) in [5.41, 5.74) is 0.971. The van der Waals surface area contributed by atoms with Crippen molar-refractivity contribution in [3.8, 4) is 0 Å². The smallest absolute Gasteiger partial charge is 0.261 e. The molecule has 0 aliphatic heterocycles. The monoisotopic (exact) mass is 500 g/mol. The standard InChI is InChI=1S/C27H37BrO2Si/c1-7-23(18-21(2)26(29)19-22(3)28)20-30-31(27(4,5)6,24-14-10-8-11-15-24)25-16-12-9-13-17-25/h8-18,23,26,29H,3,7,19-20H2,1-2,4-6H3/b21-18-/t23-,26-/m1/s1. The fourth-order valence-electron chi connectivity index (χ4n) is 4.13. The minimum Gasteiger partial charge on any atom is -0.407 e. The molecule has 0 saturated heterocycles. The van der Waals surface area contributed by atoms with Crippen molar-refractivity contribution in [3.05, 3.63) is 83.4 Å². The van der Waals surface area contributed by atoms with Gasteiger partial charge in [0.25, 0.3) is 8.32 Å². The van der Waals surface area contributed by atoms with E-state index in [1.165, 1.54) is 10.4 Å². The quantitative estimate of drug-likeness (QED) is 0.311. The second-order valence-electron chi connectivity index (χ2n) is 9.29. The van der Waals surface area contributed by atoms with Crippen LogP contribution in [0.4, 0.5) is 0 Å². The zero-order valence-corrected chi connectivity index (χ0v) is 22.2. The Morgan fingerprint density at radius 1 is 1.06 bits per heavy atom. The molecule has 0 unspecified atom stereocenters. The van der Waals surface area contributed by atoms with E-state index in [4.69, 9.17) is 4.43 Å². The van der Waals surface area contributed by atoms with E-state index in [1.54, 1.807) is 0 Å². The van der Waals surface area contributed by atoms with Gasteiger partial charge in [-0.15, -0.1) is 0 Å². The largest absolute Gasteiger partial charge is 0.407 e. The number of aliphatic hydroxyl groups is 1. The fourth-order valence-corrected chi connectivity index (χ4v) is 9.06. The van der Waals surface area contributed by atoms with Gasteiger partial charge < -0.3 is 9.53 Å². The van der Waals surface area contributed by atoms with Gasteiger partial charge in [-0.25, -0.2) is 0 Å². The Kier molecular flexibility index (Phi) is 9.50. The fraction of sp³-hybridized carbons (Fsp3) is 0.407. The Hall–Kier alpha value is -1.46. The van der Waals surface area contributed by atoms with Gasteiger partial charge >= 0.3 is 0 Å². The van der Waals surface area contributed by atoms with E-state index < -0.39 is 14.4 Å². The molecule has 2 atom stereocenters. The Morgan fingerprint density at radius 3 is 1.94 bits per heavy atom. The Labute approximate surface area is 198 Å². The topological polar surface area (TPSA) is 29.5 Å². The molecule has 2 nitrogen and oxygen atoms in total. The van der Waals surface area contributed by atoms with Crippen LogP contribution in [0.3, 0.4) is 0 Å². The number of aliphatic hydroxyl groups excluding tert-OH is 1. The van der Waals surface area contributed by atoms with Crippen LogP contribution in [0.5, 0.6) is 0 Å². The van der Waals surface area contributed by atoms with E-state index in [-0.39, 0.29) is 11.0 Å². The average Bonchev–Trinajstić information content (AvgIpc) is 2.73. The summed E-state index contributed by atoms with van der Waals surface area (Å²) in [6.07, 6.45) is 3.14. The van der Waals surface area contributed by atoms with E-state index in [9.17, 15) is 5.11 Å². The van der Waals surface area contributed by atoms with Crippen molar-refractivity contribution in [2.45, 2.75) is 58.6 Å². The van der Waals surface area contributed by atoms with E-state index in [2.05, 4.69) is 117 Å². The molecule has 0 aliphatic carbocycles.